The first-order valence-corrected chi connectivity index (χ1v) is 19.6. The van der Waals surface area contributed by atoms with Crippen molar-refractivity contribution in [3.05, 3.63) is 83.9 Å². The summed E-state index contributed by atoms with van der Waals surface area (Å²) in [5.74, 6) is -1.02. The molecule has 0 aromatic heterocycles. The third kappa shape index (κ3) is 9.95. The highest BCUT2D eigenvalue weighted by Gasteiger charge is 2.60. The molecule has 1 fully saturated rings. The molecular formula is C40H57NO5S2. The quantitative estimate of drug-likeness (QED) is 0.0721. The Bertz CT molecular complexity index is 1260. The first kappa shape index (κ1) is 39.8. The van der Waals surface area contributed by atoms with Crippen molar-refractivity contribution in [1.29, 1.82) is 0 Å². The number of carbonyl (C=O) groups excluding carboxylic acids is 1. The van der Waals surface area contributed by atoms with Crippen LogP contribution in [0.2, 0.25) is 0 Å². The number of aliphatic hydroxyl groups is 1. The number of benzene rings is 2. The molecule has 0 radical (unpaired) electrons. The van der Waals surface area contributed by atoms with Gasteiger partial charge in [-0.1, -0.05) is 145 Å². The van der Waals surface area contributed by atoms with Gasteiger partial charge in [0.25, 0.3) is 5.17 Å². The lowest BCUT2D eigenvalue weighted by Crippen LogP contribution is -2.56. The number of thioether (sulfide) groups is 1. The molecule has 6 nitrogen and oxygen atoms in total. The Morgan fingerprint density at radius 2 is 1.44 bits per heavy atom. The van der Waals surface area contributed by atoms with Gasteiger partial charge in [0, 0.05) is 11.1 Å². The number of aliphatic carboxylic acids is 1. The normalized spacial score (nSPS) is 17.8. The molecule has 1 aliphatic heterocycles. The summed E-state index contributed by atoms with van der Waals surface area (Å²) in [5, 5.41) is 22.0. The van der Waals surface area contributed by atoms with E-state index in [-0.39, 0.29) is 17.5 Å². The molecule has 2 aromatic rings. The smallest absolute Gasteiger partial charge is 0.336 e. The maximum absolute atomic E-state index is 14.7. The molecule has 0 spiro atoms. The molecule has 0 saturated carbocycles. The van der Waals surface area contributed by atoms with E-state index in [0.29, 0.717) is 12.8 Å². The van der Waals surface area contributed by atoms with Crippen LogP contribution in [0, 0.1) is 11.8 Å². The summed E-state index contributed by atoms with van der Waals surface area (Å²) >= 11 is 7.85. The van der Waals surface area contributed by atoms with E-state index in [4.69, 9.17) is 17.0 Å². The summed E-state index contributed by atoms with van der Waals surface area (Å²) in [6.07, 6.45) is 15.4. The van der Waals surface area contributed by atoms with Crippen LogP contribution >= 0.6 is 24.0 Å². The van der Waals surface area contributed by atoms with Crippen molar-refractivity contribution in [3.8, 4) is 0 Å². The van der Waals surface area contributed by atoms with E-state index in [1.807, 2.05) is 92.3 Å². The van der Waals surface area contributed by atoms with Crippen LogP contribution in [0.4, 0.5) is 0 Å². The van der Waals surface area contributed by atoms with Gasteiger partial charge in [-0.2, -0.15) is 11.8 Å². The third-order valence-corrected chi connectivity index (χ3v) is 10.8. The van der Waals surface area contributed by atoms with E-state index >= 15 is 0 Å². The molecule has 1 amide bonds. The van der Waals surface area contributed by atoms with Gasteiger partial charge in [0.05, 0.1) is 12.0 Å². The average Bonchev–Trinajstić information content (AvgIpc) is 3.41. The lowest BCUT2D eigenvalue weighted by atomic mass is 9.75. The zero-order chi connectivity index (χ0) is 35.0. The third-order valence-electron chi connectivity index (χ3n) is 9.33. The zero-order valence-corrected chi connectivity index (χ0v) is 31.1. The highest BCUT2D eigenvalue weighted by Crippen LogP contribution is 2.48. The van der Waals surface area contributed by atoms with Crippen LogP contribution in [0.3, 0.4) is 0 Å². The molecule has 1 aliphatic rings. The van der Waals surface area contributed by atoms with Gasteiger partial charge < -0.3 is 14.9 Å². The number of amides is 1. The average molecular weight is 696 g/mol. The van der Waals surface area contributed by atoms with Gasteiger partial charge in [0.15, 0.2) is 11.2 Å². The number of carboxylic acids is 1. The van der Waals surface area contributed by atoms with Crippen molar-refractivity contribution >= 4 is 41.0 Å². The number of allylic oxidation sites excluding steroid dienone is 1. The topological polar surface area (TPSA) is 87.1 Å². The number of carbonyl (C=O) groups is 2. The predicted octanol–water partition coefficient (Wildman–Crippen LogP) is 9.54. The number of ether oxygens (including phenoxy) is 1. The molecule has 8 heteroatoms. The number of hydrogen-bond donors (Lipinski definition) is 2. The molecule has 3 atom stereocenters. The van der Waals surface area contributed by atoms with Crippen LogP contribution in [0.1, 0.15) is 116 Å². The van der Waals surface area contributed by atoms with Gasteiger partial charge >= 0.3 is 5.97 Å². The van der Waals surface area contributed by atoms with E-state index in [1.165, 1.54) is 54.9 Å². The number of thiocarbonyl (C=S) groups is 1. The largest absolute Gasteiger partial charge is 0.479 e. The Morgan fingerprint density at radius 3 is 1.94 bits per heavy atom. The van der Waals surface area contributed by atoms with Gasteiger partial charge in [0.2, 0.25) is 5.91 Å². The van der Waals surface area contributed by atoms with Crippen molar-refractivity contribution in [3.63, 3.8) is 0 Å². The Hall–Kier alpha value is -2.68. The van der Waals surface area contributed by atoms with E-state index in [1.54, 1.807) is 13.0 Å². The zero-order valence-electron chi connectivity index (χ0n) is 29.4. The predicted molar refractivity (Wildman–Crippen MR) is 202 cm³/mol. The molecule has 2 N–H and O–H groups in total. The van der Waals surface area contributed by atoms with E-state index in [2.05, 4.69) is 6.92 Å². The number of carboxylic acid groups (broad SMARTS) is 1. The van der Waals surface area contributed by atoms with Crippen LogP contribution in [0.25, 0.3) is 0 Å². The molecule has 264 valence electrons. The molecule has 0 bridgehead atoms. The monoisotopic (exact) mass is 695 g/mol. The second-order valence-electron chi connectivity index (χ2n) is 13.3. The van der Waals surface area contributed by atoms with Crippen molar-refractivity contribution in [2.24, 2.45) is 11.8 Å². The molecule has 1 heterocycles. The van der Waals surface area contributed by atoms with Crippen LogP contribution in [-0.4, -0.2) is 55.3 Å². The Labute approximate surface area is 298 Å². The Morgan fingerprint density at radius 1 is 0.896 bits per heavy atom. The number of nitrogens with zero attached hydrogens (tertiary/aromatic N) is 1. The summed E-state index contributed by atoms with van der Waals surface area (Å²) in [5.41, 5.74) is -1.73. The van der Waals surface area contributed by atoms with E-state index in [9.17, 15) is 19.8 Å². The molecule has 0 aliphatic carbocycles. The number of unbranched alkanes of at least 4 members (excludes halogenated alkanes) is 8. The summed E-state index contributed by atoms with van der Waals surface area (Å²) < 4.78 is 6.62. The maximum atomic E-state index is 14.7. The summed E-state index contributed by atoms with van der Waals surface area (Å²) in [4.78, 5) is 28.8. The summed E-state index contributed by atoms with van der Waals surface area (Å²) in [6, 6.07) is 18.8. The van der Waals surface area contributed by atoms with Gasteiger partial charge in [0.1, 0.15) is 0 Å². The fourth-order valence-electron chi connectivity index (χ4n) is 6.87. The van der Waals surface area contributed by atoms with Gasteiger partial charge in [-0.3, -0.25) is 9.69 Å². The fourth-order valence-corrected chi connectivity index (χ4v) is 8.22. The molecule has 0 unspecified atom stereocenters. The molecule has 48 heavy (non-hydrogen) atoms. The van der Waals surface area contributed by atoms with Crippen molar-refractivity contribution in [2.75, 3.05) is 11.5 Å². The number of rotatable bonds is 22. The lowest BCUT2D eigenvalue weighted by Gasteiger charge is -2.39. The summed E-state index contributed by atoms with van der Waals surface area (Å²) in [7, 11) is 0. The maximum Gasteiger partial charge on any atom is 0.336 e. The molecule has 3 rings (SSSR count). The first-order chi connectivity index (χ1) is 23.1. The Balaban J connectivity index is 1.80. The van der Waals surface area contributed by atoms with E-state index < -0.39 is 35.0 Å². The molecule has 1 saturated heterocycles. The van der Waals surface area contributed by atoms with Crippen LogP contribution in [-0.2, 0) is 19.9 Å². The van der Waals surface area contributed by atoms with Gasteiger partial charge in [-0.15, -0.1) is 0 Å². The second kappa shape index (κ2) is 20.1. The van der Waals surface area contributed by atoms with Gasteiger partial charge in [-0.25, -0.2) is 4.79 Å². The summed E-state index contributed by atoms with van der Waals surface area (Å²) in [6.45, 7) is 8.07. The van der Waals surface area contributed by atoms with Crippen molar-refractivity contribution in [2.45, 2.75) is 122 Å². The minimum absolute atomic E-state index is 0.0205. The van der Waals surface area contributed by atoms with Crippen LogP contribution < -0.4 is 0 Å². The minimum atomic E-state index is -2.29. The van der Waals surface area contributed by atoms with Crippen LogP contribution in [0.15, 0.2) is 72.8 Å². The highest BCUT2D eigenvalue weighted by molar-refractivity contribution is 7.99. The minimum Gasteiger partial charge on any atom is -0.479 e. The first-order valence-electron chi connectivity index (χ1n) is 18.0. The van der Waals surface area contributed by atoms with E-state index in [0.717, 1.165) is 30.4 Å². The van der Waals surface area contributed by atoms with Crippen molar-refractivity contribution < 1.29 is 24.5 Å². The second-order valence-corrected chi connectivity index (χ2v) is 14.9. The molecular weight excluding hydrogens is 639 g/mol. The lowest BCUT2D eigenvalue weighted by molar-refractivity contribution is -0.169. The standard InChI is InChI=1S/C40H57NO5S2/c1-5-7-8-12-21-29-48-30-22-13-10-9-11-20-27-34(39(45,28-6-2)37(43)44)36(42)41-35(31(3)4)40(46-38(41)47,32-23-16-14-17-24-32)33-25-18-15-19-26-33/h14-20,23-27,31,34-35,45H,5-13,21-22,28-30H2,1-4H3,(H,43,44)/b27-20+/t34-,35+,39+/m1/s1. The fraction of sp³-hybridized carbons (Fsp3) is 0.575. The highest BCUT2D eigenvalue weighted by atomic mass is 32.2. The Kier molecular flexibility index (Phi) is 16.7. The van der Waals surface area contributed by atoms with Crippen LogP contribution in [0.5, 0.6) is 0 Å². The molecule has 2 aromatic carbocycles. The van der Waals surface area contributed by atoms with Gasteiger partial charge in [-0.05, 0) is 61.7 Å². The SMILES string of the molecule is CCCCCCCSCCCCCC/C=C/[C@H](C(=O)N1C(=S)OC(c2ccccc2)(c2ccccc2)[C@@H]1C(C)C)[C@@](O)(CCC)C(=O)O. The van der Waals surface area contributed by atoms with Crippen molar-refractivity contribution in [1.82, 2.24) is 4.90 Å². The number of hydrogen-bond acceptors (Lipinski definition) is 6.